The predicted molar refractivity (Wildman–Crippen MR) is 110 cm³/mol. The Morgan fingerprint density at radius 1 is 1.28 bits per heavy atom. The van der Waals surface area contributed by atoms with E-state index in [4.69, 9.17) is 13.9 Å². The van der Waals surface area contributed by atoms with Gasteiger partial charge >= 0.3 is 5.63 Å². The SMILES string of the molecule is CCC(Cc1ccc(OC)cc1)c1cc(O)c(C2(CC3CC3)CC=CO2)c(=O)o1. The molecule has 5 heteroatoms. The minimum absolute atomic E-state index is 0.00181. The lowest BCUT2D eigenvalue weighted by Crippen LogP contribution is -2.32. The van der Waals surface area contributed by atoms with Crippen LogP contribution in [0.4, 0.5) is 0 Å². The smallest absolute Gasteiger partial charge is 0.347 e. The summed E-state index contributed by atoms with van der Waals surface area (Å²) in [6.07, 6.45) is 8.67. The van der Waals surface area contributed by atoms with Crippen molar-refractivity contribution >= 4 is 0 Å². The fourth-order valence-corrected chi connectivity index (χ4v) is 4.26. The zero-order valence-electron chi connectivity index (χ0n) is 17.0. The highest BCUT2D eigenvalue weighted by Gasteiger charge is 2.45. The van der Waals surface area contributed by atoms with E-state index in [1.54, 1.807) is 19.4 Å². The molecule has 0 radical (unpaired) electrons. The molecule has 0 amide bonds. The summed E-state index contributed by atoms with van der Waals surface area (Å²) in [5, 5.41) is 10.8. The second-order valence-corrected chi connectivity index (χ2v) is 8.19. The van der Waals surface area contributed by atoms with E-state index in [0.29, 0.717) is 24.5 Å². The van der Waals surface area contributed by atoms with Gasteiger partial charge in [0, 0.05) is 18.4 Å². The summed E-state index contributed by atoms with van der Waals surface area (Å²) in [6, 6.07) is 9.48. The molecule has 1 aliphatic carbocycles. The number of ether oxygens (including phenoxy) is 2. The van der Waals surface area contributed by atoms with Crippen LogP contribution in [0.5, 0.6) is 11.5 Å². The molecule has 2 atom stereocenters. The summed E-state index contributed by atoms with van der Waals surface area (Å²) in [6.45, 7) is 2.05. The molecule has 154 valence electrons. The van der Waals surface area contributed by atoms with E-state index in [-0.39, 0.29) is 17.2 Å². The summed E-state index contributed by atoms with van der Waals surface area (Å²) in [5.41, 5.74) is 0.106. The van der Waals surface area contributed by atoms with Crippen LogP contribution in [0.2, 0.25) is 0 Å². The lowest BCUT2D eigenvalue weighted by atomic mass is 9.85. The normalized spacial score (nSPS) is 21.7. The molecular formula is C24H28O5. The maximum atomic E-state index is 13.0. The second-order valence-electron chi connectivity index (χ2n) is 8.19. The van der Waals surface area contributed by atoms with Crippen molar-refractivity contribution in [3.8, 4) is 11.5 Å². The van der Waals surface area contributed by atoms with Crippen LogP contribution < -0.4 is 10.4 Å². The molecule has 1 N–H and O–H groups in total. The number of methoxy groups -OCH3 is 1. The van der Waals surface area contributed by atoms with E-state index >= 15 is 0 Å². The lowest BCUT2D eigenvalue weighted by Gasteiger charge is -2.29. The highest BCUT2D eigenvalue weighted by atomic mass is 16.5. The van der Waals surface area contributed by atoms with Gasteiger partial charge in [-0.2, -0.15) is 0 Å². The van der Waals surface area contributed by atoms with Crippen LogP contribution in [-0.4, -0.2) is 12.2 Å². The van der Waals surface area contributed by atoms with Crippen LogP contribution in [0.25, 0.3) is 0 Å². The Hall–Kier alpha value is -2.69. The molecule has 4 rings (SSSR count). The van der Waals surface area contributed by atoms with E-state index in [2.05, 4.69) is 6.92 Å². The van der Waals surface area contributed by atoms with Gasteiger partial charge in [0.05, 0.1) is 13.4 Å². The minimum Gasteiger partial charge on any atom is -0.507 e. The molecular weight excluding hydrogens is 368 g/mol. The highest BCUT2D eigenvalue weighted by molar-refractivity contribution is 5.38. The fourth-order valence-electron chi connectivity index (χ4n) is 4.26. The lowest BCUT2D eigenvalue weighted by molar-refractivity contribution is 0.0210. The molecule has 2 aromatic rings. The van der Waals surface area contributed by atoms with Gasteiger partial charge in [0.15, 0.2) is 0 Å². The standard InChI is InChI=1S/C24H28O5/c1-3-18(13-16-7-9-19(27-2)10-8-16)21-14-20(25)22(23(26)29-21)24(11-4-12-28-24)15-17-5-6-17/h4,7-10,12,14,17-18,25H,3,5-6,11,13,15H2,1-2H3. The third-order valence-electron chi connectivity index (χ3n) is 6.09. The summed E-state index contributed by atoms with van der Waals surface area (Å²) in [4.78, 5) is 13.0. The fraction of sp³-hybridized carbons (Fsp3) is 0.458. The zero-order chi connectivity index (χ0) is 20.4. The molecule has 1 aliphatic heterocycles. The van der Waals surface area contributed by atoms with Crippen LogP contribution in [0.15, 0.2) is 51.9 Å². The number of hydrogen-bond donors (Lipinski definition) is 1. The average Bonchev–Trinajstić information content (AvgIpc) is 3.40. The Labute approximate surface area is 171 Å². The Balaban J connectivity index is 1.61. The molecule has 1 saturated carbocycles. The summed E-state index contributed by atoms with van der Waals surface area (Å²) < 4.78 is 16.8. The van der Waals surface area contributed by atoms with Gasteiger partial charge < -0.3 is 19.0 Å². The third-order valence-corrected chi connectivity index (χ3v) is 6.09. The van der Waals surface area contributed by atoms with E-state index in [1.807, 2.05) is 30.3 Å². The van der Waals surface area contributed by atoms with Crippen LogP contribution in [-0.2, 0) is 16.8 Å². The van der Waals surface area contributed by atoms with Crippen LogP contribution in [0.1, 0.15) is 61.8 Å². The van der Waals surface area contributed by atoms with Crippen molar-refractivity contribution in [1.29, 1.82) is 0 Å². The number of hydrogen-bond acceptors (Lipinski definition) is 5. The molecule has 5 nitrogen and oxygen atoms in total. The molecule has 0 bridgehead atoms. The van der Waals surface area contributed by atoms with Crippen molar-refractivity contribution in [2.75, 3.05) is 7.11 Å². The zero-order valence-corrected chi connectivity index (χ0v) is 17.0. The maximum absolute atomic E-state index is 13.0. The topological polar surface area (TPSA) is 68.9 Å². The molecule has 0 saturated heterocycles. The summed E-state index contributed by atoms with van der Waals surface area (Å²) in [5.74, 6) is 1.85. The van der Waals surface area contributed by atoms with Crippen LogP contribution >= 0.6 is 0 Å². The van der Waals surface area contributed by atoms with Crippen molar-refractivity contribution < 1.29 is 19.0 Å². The molecule has 2 unspecified atom stereocenters. The second kappa shape index (κ2) is 7.97. The first-order valence-corrected chi connectivity index (χ1v) is 10.4. The first kappa shape index (κ1) is 19.6. The maximum Gasteiger partial charge on any atom is 0.347 e. The number of aromatic hydroxyl groups is 1. The number of rotatable bonds is 8. The quantitative estimate of drug-likeness (QED) is 0.678. The molecule has 1 aromatic heterocycles. The van der Waals surface area contributed by atoms with Crippen molar-refractivity contribution in [2.45, 2.75) is 57.0 Å². The Kier molecular flexibility index (Phi) is 5.39. The third kappa shape index (κ3) is 4.04. The predicted octanol–water partition coefficient (Wildman–Crippen LogP) is 5.02. The van der Waals surface area contributed by atoms with E-state index < -0.39 is 11.2 Å². The van der Waals surface area contributed by atoms with Gasteiger partial charge in [-0.1, -0.05) is 31.9 Å². The van der Waals surface area contributed by atoms with Gasteiger partial charge in [-0.15, -0.1) is 0 Å². The largest absolute Gasteiger partial charge is 0.507 e. The Bertz CT molecular complexity index is 929. The monoisotopic (exact) mass is 396 g/mol. The summed E-state index contributed by atoms with van der Waals surface area (Å²) >= 11 is 0. The van der Waals surface area contributed by atoms with E-state index in [1.165, 1.54) is 0 Å². The molecule has 2 heterocycles. The van der Waals surface area contributed by atoms with Crippen molar-refractivity contribution in [3.63, 3.8) is 0 Å². The van der Waals surface area contributed by atoms with Crippen LogP contribution in [0.3, 0.4) is 0 Å². The van der Waals surface area contributed by atoms with Gasteiger partial charge in [-0.05, 0) is 49.0 Å². The van der Waals surface area contributed by atoms with Gasteiger partial charge in [-0.25, -0.2) is 4.79 Å². The van der Waals surface area contributed by atoms with Crippen molar-refractivity contribution in [1.82, 2.24) is 0 Å². The van der Waals surface area contributed by atoms with Crippen molar-refractivity contribution in [3.05, 3.63) is 70.0 Å². The Morgan fingerprint density at radius 2 is 2.03 bits per heavy atom. The van der Waals surface area contributed by atoms with Crippen molar-refractivity contribution in [2.24, 2.45) is 5.92 Å². The van der Waals surface area contributed by atoms with Gasteiger partial charge in [-0.3, -0.25) is 0 Å². The van der Waals surface area contributed by atoms with Gasteiger partial charge in [0.1, 0.15) is 28.4 Å². The van der Waals surface area contributed by atoms with Gasteiger partial charge in [0.2, 0.25) is 0 Å². The molecule has 0 spiro atoms. The Morgan fingerprint density at radius 3 is 2.59 bits per heavy atom. The molecule has 1 aromatic carbocycles. The van der Waals surface area contributed by atoms with Crippen LogP contribution in [0, 0.1) is 5.92 Å². The first-order chi connectivity index (χ1) is 14.0. The number of benzene rings is 1. The molecule has 2 aliphatic rings. The molecule has 29 heavy (non-hydrogen) atoms. The first-order valence-electron chi connectivity index (χ1n) is 10.4. The molecule has 1 fully saturated rings. The highest BCUT2D eigenvalue weighted by Crippen LogP contribution is 2.48. The van der Waals surface area contributed by atoms with E-state index in [0.717, 1.165) is 37.0 Å². The minimum atomic E-state index is -0.790. The average molecular weight is 396 g/mol. The van der Waals surface area contributed by atoms with E-state index in [9.17, 15) is 9.90 Å². The van der Waals surface area contributed by atoms with Gasteiger partial charge in [0.25, 0.3) is 0 Å². The summed E-state index contributed by atoms with van der Waals surface area (Å²) in [7, 11) is 1.64.